The Labute approximate surface area is 160 Å². The summed E-state index contributed by atoms with van der Waals surface area (Å²) in [7, 11) is -3.87. The Morgan fingerprint density at radius 3 is 2.11 bits per heavy atom. The van der Waals surface area contributed by atoms with E-state index in [9.17, 15) is 8.42 Å². The van der Waals surface area contributed by atoms with Crippen LogP contribution < -0.4 is 0 Å². The van der Waals surface area contributed by atoms with Gasteiger partial charge in [-0.3, -0.25) is 5.01 Å². The molecule has 0 radical (unpaired) electrons. The summed E-state index contributed by atoms with van der Waals surface area (Å²) in [6, 6.07) is 6.57. The minimum Gasteiger partial charge on any atom is -0.379 e. The molecule has 142 valence electrons. The molecule has 3 rings (SSSR count). The third-order valence-electron chi connectivity index (χ3n) is 4.60. The predicted octanol–water partition coefficient (Wildman–Crippen LogP) is 3.27. The molecule has 0 aromatic heterocycles. The Morgan fingerprint density at radius 1 is 1.04 bits per heavy atom. The number of hydrogen-bond donors (Lipinski definition) is 0. The highest BCUT2D eigenvalue weighted by atomic mass is 32.2. The first-order valence-electron chi connectivity index (χ1n) is 8.77. The van der Waals surface area contributed by atoms with E-state index in [2.05, 4.69) is 14.9 Å². The maximum Gasteiger partial charge on any atom is 0.290 e. The lowest BCUT2D eigenvalue weighted by molar-refractivity contribution is -0.0526. The van der Waals surface area contributed by atoms with Crippen LogP contribution >= 0.6 is 0 Å². The molecule has 0 spiro atoms. The van der Waals surface area contributed by atoms with Gasteiger partial charge in [-0.25, -0.2) is 18.3 Å². The SMILES string of the molecule is [C-]#[N+]C(=C1C=C(C)N(N2CCOCC2)C(C)=C1)S(=O)(=O)c1ccc(C)cc1. The largest absolute Gasteiger partial charge is 0.379 e. The number of benzene rings is 1. The van der Waals surface area contributed by atoms with Gasteiger partial charge in [0, 0.05) is 24.5 Å². The van der Waals surface area contributed by atoms with Gasteiger partial charge >= 0.3 is 0 Å². The van der Waals surface area contributed by atoms with Crippen LogP contribution in [0.4, 0.5) is 0 Å². The normalized spacial score (nSPS) is 18.6. The van der Waals surface area contributed by atoms with Crippen LogP contribution in [-0.4, -0.2) is 44.7 Å². The maximum absolute atomic E-state index is 13.0. The summed E-state index contributed by atoms with van der Waals surface area (Å²) in [6.07, 6.45) is 3.53. The van der Waals surface area contributed by atoms with Gasteiger partial charge in [-0.1, -0.05) is 17.7 Å². The van der Waals surface area contributed by atoms with E-state index < -0.39 is 9.84 Å². The van der Waals surface area contributed by atoms with Crippen molar-refractivity contribution < 1.29 is 13.2 Å². The lowest BCUT2D eigenvalue weighted by Gasteiger charge is -2.41. The molecule has 2 aliphatic heterocycles. The number of aryl methyl sites for hydroxylation is 1. The number of allylic oxidation sites excluding steroid dienone is 5. The van der Waals surface area contributed by atoms with Crippen molar-refractivity contribution in [1.82, 2.24) is 10.0 Å². The second-order valence-electron chi connectivity index (χ2n) is 6.64. The van der Waals surface area contributed by atoms with Crippen molar-refractivity contribution in [2.45, 2.75) is 25.7 Å². The monoisotopic (exact) mass is 385 g/mol. The molecular weight excluding hydrogens is 362 g/mol. The molecule has 1 fully saturated rings. The molecule has 1 aromatic rings. The van der Waals surface area contributed by atoms with Crippen LogP contribution in [0.3, 0.4) is 0 Å². The molecule has 1 aromatic carbocycles. The van der Waals surface area contributed by atoms with Crippen LogP contribution in [-0.2, 0) is 14.6 Å². The van der Waals surface area contributed by atoms with Crippen molar-refractivity contribution in [3.8, 4) is 0 Å². The first kappa shape index (κ1) is 19.4. The van der Waals surface area contributed by atoms with Gasteiger partial charge < -0.3 is 4.74 Å². The van der Waals surface area contributed by atoms with Crippen molar-refractivity contribution in [3.63, 3.8) is 0 Å². The highest BCUT2D eigenvalue weighted by Gasteiger charge is 2.28. The Kier molecular flexibility index (Phi) is 5.51. The maximum atomic E-state index is 13.0. The zero-order chi connectivity index (χ0) is 19.6. The number of hydrogen-bond acceptors (Lipinski definition) is 5. The fourth-order valence-corrected chi connectivity index (χ4v) is 4.59. The molecule has 6 nitrogen and oxygen atoms in total. The molecule has 1 saturated heterocycles. The van der Waals surface area contributed by atoms with Crippen molar-refractivity contribution in [2.75, 3.05) is 26.3 Å². The van der Waals surface area contributed by atoms with Crippen LogP contribution in [0.5, 0.6) is 0 Å². The molecule has 2 aliphatic rings. The van der Waals surface area contributed by atoms with Crippen LogP contribution in [0.25, 0.3) is 4.85 Å². The third kappa shape index (κ3) is 3.83. The summed E-state index contributed by atoms with van der Waals surface area (Å²) in [6.45, 7) is 16.1. The summed E-state index contributed by atoms with van der Waals surface area (Å²) in [4.78, 5) is 3.53. The first-order chi connectivity index (χ1) is 12.8. The van der Waals surface area contributed by atoms with Gasteiger partial charge in [0.25, 0.3) is 5.03 Å². The Hall–Kier alpha value is -2.40. The molecule has 0 aliphatic carbocycles. The van der Waals surface area contributed by atoms with E-state index in [1.54, 1.807) is 36.4 Å². The second-order valence-corrected chi connectivity index (χ2v) is 8.50. The van der Waals surface area contributed by atoms with Gasteiger partial charge in [-0.15, -0.1) is 0 Å². The van der Waals surface area contributed by atoms with E-state index in [-0.39, 0.29) is 9.92 Å². The lowest BCUT2D eigenvalue weighted by Crippen LogP contribution is -2.47. The highest BCUT2D eigenvalue weighted by Crippen LogP contribution is 2.31. The Morgan fingerprint density at radius 2 is 1.59 bits per heavy atom. The van der Waals surface area contributed by atoms with Gasteiger partial charge in [0.15, 0.2) is 0 Å². The van der Waals surface area contributed by atoms with E-state index in [0.717, 1.165) is 30.0 Å². The molecule has 0 N–H and O–H groups in total. The third-order valence-corrected chi connectivity index (χ3v) is 6.33. The van der Waals surface area contributed by atoms with Gasteiger partial charge in [0.1, 0.15) is 0 Å². The number of nitrogens with zero attached hydrogens (tertiary/aromatic N) is 3. The van der Waals surface area contributed by atoms with Gasteiger partial charge in [0.05, 0.1) is 24.7 Å². The van der Waals surface area contributed by atoms with Crippen molar-refractivity contribution in [1.29, 1.82) is 0 Å². The number of sulfone groups is 1. The molecule has 7 heteroatoms. The quantitative estimate of drug-likeness (QED) is 0.748. The van der Waals surface area contributed by atoms with Gasteiger partial charge in [-0.05, 0) is 50.6 Å². The lowest BCUT2D eigenvalue weighted by atomic mass is 10.1. The molecule has 27 heavy (non-hydrogen) atoms. The topological polar surface area (TPSA) is 54.2 Å². The Balaban J connectivity index is 2.02. The van der Waals surface area contributed by atoms with Crippen molar-refractivity contribution >= 4 is 9.84 Å². The Bertz CT molecular complexity index is 939. The highest BCUT2D eigenvalue weighted by molar-refractivity contribution is 7.95. The van der Waals surface area contributed by atoms with E-state index in [4.69, 9.17) is 11.3 Å². The van der Waals surface area contributed by atoms with E-state index in [1.807, 2.05) is 20.8 Å². The van der Waals surface area contributed by atoms with Crippen LogP contribution in [0.1, 0.15) is 19.4 Å². The number of hydrazine groups is 1. The first-order valence-corrected chi connectivity index (χ1v) is 10.3. The molecular formula is C20H23N3O3S. The van der Waals surface area contributed by atoms with Crippen molar-refractivity contribution in [2.24, 2.45) is 0 Å². The van der Waals surface area contributed by atoms with E-state index in [0.29, 0.717) is 18.8 Å². The average molecular weight is 385 g/mol. The summed E-state index contributed by atoms with van der Waals surface area (Å²) in [5.41, 5.74) is 3.15. The minimum absolute atomic E-state index is 0.138. The van der Waals surface area contributed by atoms with Crippen molar-refractivity contribution in [3.05, 3.63) is 75.4 Å². The van der Waals surface area contributed by atoms with Crippen LogP contribution in [0.15, 0.2) is 63.3 Å². The number of morpholine rings is 1. The second kappa shape index (κ2) is 7.69. The number of ether oxygens (including phenoxy) is 1. The van der Waals surface area contributed by atoms with Crippen LogP contribution in [0, 0.1) is 13.5 Å². The van der Waals surface area contributed by atoms with Gasteiger partial charge in [0.2, 0.25) is 9.84 Å². The molecule has 0 unspecified atom stereocenters. The smallest absolute Gasteiger partial charge is 0.290 e. The fraction of sp³-hybridized carbons (Fsp3) is 0.350. The standard InChI is InChI=1S/C20H23N3O3S/c1-15-5-7-19(8-6-15)27(24,25)20(21-4)18-13-16(2)23(17(3)14-18)22-9-11-26-12-10-22/h5-8,13-14H,9-12H2,1-3H3. The fourth-order valence-electron chi connectivity index (χ4n) is 3.32. The summed E-state index contributed by atoms with van der Waals surface area (Å²) < 4.78 is 31.4. The summed E-state index contributed by atoms with van der Waals surface area (Å²) in [5.74, 6) is 0. The molecule has 2 heterocycles. The molecule has 0 bridgehead atoms. The molecule has 0 saturated carbocycles. The summed E-state index contributed by atoms with van der Waals surface area (Å²) >= 11 is 0. The minimum atomic E-state index is -3.87. The zero-order valence-corrected chi connectivity index (χ0v) is 16.6. The zero-order valence-electron chi connectivity index (χ0n) is 15.8. The molecule has 0 atom stereocenters. The van der Waals surface area contributed by atoms with Gasteiger partial charge in [-0.2, -0.15) is 0 Å². The van der Waals surface area contributed by atoms with E-state index >= 15 is 0 Å². The summed E-state index contributed by atoms with van der Waals surface area (Å²) in [5, 5.41) is 3.99. The molecule has 0 amide bonds. The predicted molar refractivity (Wildman–Crippen MR) is 104 cm³/mol. The average Bonchev–Trinajstić information content (AvgIpc) is 2.63. The van der Waals surface area contributed by atoms with E-state index in [1.165, 1.54) is 0 Å². The number of rotatable bonds is 3. The van der Waals surface area contributed by atoms with Crippen LogP contribution in [0.2, 0.25) is 0 Å².